The fourth-order valence-electron chi connectivity index (χ4n) is 2.38. The Balaban J connectivity index is 2.01. The average molecular weight is 292 g/mol. The highest BCUT2D eigenvalue weighted by Crippen LogP contribution is 2.24. The van der Waals surface area contributed by atoms with Crippen molar-refractivity contribution in [3.8, 4) is 5.88 Å². The van der Waals surface area contributed by atoms with Gasteiger partial charge in [-0.05, 0) is 34.6 Å². The van der Waals surface area contributed by atoms with E-state index in [1.807, 2.05) is 39.5 Å². The number of hydrogen-bond donors (Lipinski definition) is 1. The van der Waals surface area contributed by atoms with Crippen LogP contribution in [-0.4, -0.2) is 45.0 Å². The number of carbonyl (C=O) groups is 1. The number of ether oxygens (including phenoxy) is 1. The van der Waals surface area contributed by atoms with Gasteiger partial charge in [0, 0.05) is 18.5 Å². The highest BCUT2D eigenvalue weighted by molar-refractivity contribution is 5.80. The molecule has 1 aliphatic heterocycles. The van der Waals surface area contributed by atoms with Crippen LogP contribution in [0.4, 0.5) is 5.82 Å². The number of aromatic nitrogens is 2. The molecule has 1 aromatic heterocycles. The molecule has 0 radical (unpaired) electrons. The van der Waals surface area contributed by atoms with E-state index in [9.17, 15) is 4.79 Å². The van der Waals surface area contributed by atoms with Crippen LogP contribution in [0.15, 0.2) is 12.4 Å². The van der Waals surface area contributed by atoms with Crippen LogP contribution in [0.25, 0.3) is 0 Å². The van der Waals surface area contributed by atoms with Crippen LogP contribution in [0.2, 0.25) is 0 Å². The van der Waals surface area contributed by atoms with E-state index in [1.54, 1.807) is 12.4 Å². The third kappa shape index (κ3) is 4.06. The first-order valence-corrected chi connectivity index (χ1v) is 7.31. The highest BCUT2D eigenvalue weighted by Gasteiger charge is 2.36. The van der Waals surface area contributed by atoms with Crippen molar-refractivity contribution in [2.45, 2.75) is 58.7 Å². The molecule has 0 bridgehead atoms. The largest absolute Gasteiger partial charge is 0.474 e. The molecule has 21 heavy (non-hydrogen) atoms. The molecule has 6 heteroatoms. The number of nitrogens with one attached hydrogen (secondary N) is 1. The van der Waals surface area contributed by atoms with Gasteiger partial charge < -0.3 is 15.0 Å². The molecular weight excluding hydrogens is 268 g/mol. The van der Waals surface area contributed by atoms with E-state index in [4.69, 9.17) is 4.74 Å². The van der Waals surface area contributed by atoms with E-state index < -0.39 is 0 Å². The molecular formula is C15H24N4O2. The first kappa shape index (κ1) is 15.5. The van der Waals surface area contributed by atoms with Gasteiger partial charge in [-0.3, -0.25) is 9.78 Å². The summed E-state index contributed by atoms with van der Waals surface area (Å²) in [5.74, 6) is 1.30. The number of amides is 1. The minimum absolute atomic E-state index is 0.0546. The first-order valence-electron chi connectivity index (χ1n) is 7.31. The van der Waals surface area contributed by atoms with Gasteiger partial charge in [-0.2, -0.15) is 4.98 Å². The smallest absolute Gasteiger partial charge is 0.234 e. The molecule has 1 unspecified atom stereocenters. The maximum absolute atomic E-state index is 12.1. The van der Waals surface area contributed by atoms with E-state index in [2.05, 4.69) is 15.3 Å². The van der Waals surface area contributed by atoms with Gasteiger partial charge in [-0.25, -0.2) is 0 Å². The van der Waals surface area contributed by atoms with Crippen LogP contribution in [0.1, 0.15) is 41.0 Å². The lowest BCUT2D eigenvalue weighted by Gasteiger charge is -2.32. The summed E-state index contributed by atoms with van der Waals surface area (Å²) in [5, 5.41) is 3.27. The Labute approximate surface area is 125 Å². The van der Waals surface area contributed by atoms with Crippen molar-refractivity contribution in [2.75, 3.05) is 11.9 Å². The lowest BCUT2D eigenvalue weighted by Crippen LogP contribution is -2.43. The standard InChI is InChI=1S/C15H24N4O2/c1-10(2)21-13-8-16-7-12(18-13)17-11-6-14(20)19(9-11)15(3,4)5/h7-8,10-11H,6,9H2,1-5H3,(H,17,18). The zero-order chi connectivity index (χ0) is 15.6. The van der Waals surface area contributed by atoms with Crippen molar-refractivity contribution in [1.82, 2.24) is 14.9 Å². The molecule has 1 amide bonds. The normalized spacial score (nSPS) is 19.2. The average Bonchev–Trinajstić information content (AvgIpc) is 2.69. The predicted molar refractivity (Wildman–Crippen MR) is 81.3 cm³/mol. The van der Waals surface area contributed by atoms with Gasteiger partial charge in [0.05, 0.1) is 24.5 Å². The second-order valence-corrected chi connectivity index (χ2v) is 6.63. The quantitative estimate of drug-likeness (QED) is 0.920. The van der Waals surface area contributed by atoms with Crippen molar-refractivity contribution in [2.24, 2.45) is 0 Å². The maximum atomic E-state index is 12.1. The third-order valence-electron chi connectivity index (χ3n) is 3.26. The number of anilines is 1. The summed E-state index contributed by atoms with van der Waals surface area (Å²) in [6, 6.07) is 0.0559. The minimum Gasteiger partial charge on any atom is -0.474 e. The molecule has 0 spiro atoms. The first-order chi connectivity index (χ1) is 9.75. The fraction of sp³-hybridized carbons (Fsp3) is 0.667. The molecule has 0 aliphatic carbocycles. The highest BCUT2D eigenvalue weighted by atomic mass is 16.5. The molecule has 1 aliphatic rings. The number of hydrogen-bond acceptors (Lipinski definition) is 5. The van der Waals surface area contributed by atoms with Crippen molar-refractivity contribution in [3.63, 3.8) is 0 Å². The van der Waals surface area contributed by atoms with Gasteiger partial charge in [0.1, 0.15) is 5.82 Å². The van der Waals surface area contributed by atoms with Gasteiger partial charge >= 0.3 is 0 Å². The van der Waals surface area contributed by atoms with E-state index in [1.165, 1.54) is 0 Å². The molecule has 1 atom stereocenters. The molecule has 0 saturated carbocycles. The Morgan fingerprint density at radius 1 is 1.38 bits per heavy atom. The molecule has 1 aromatic rings. The fourth-order valence-corrected chi connectivity index (χ4v) is 2.38. The Hall–Kier alpha value is -1.85. The van der Waals surface area contributed by atoms with Crippen LogP contribution in [0, 0.1) is 0 Å². The number of nitrogens with zero attached hydrogens (tertiary/aromatic N) is 3. The van der Waals surface area contributed by atoms with Crippen LogP contribution >= 0.6 is 0 Å². The van der Waals surface area contributed by atoms with E-state index in [0.29, 0.717) is 24.7 Å². The van der Waals surface area contributed by atoms with Crippen LogP contribution < -0.4 is 10.1 Å². The second-order valence-electron chi connectivity index (χ2n) is 6.63. The molecule has 0 aromatic carbocycles. The molecule has 1 N–H and O–H groups in total. The topological polar surface area (TPSA) is 67.3 Å². The Bertz CT molecular complexity index is 511. The van der Waals surface area contributed by atoms with Crippen molar-refractivity contribution in [1.29, 1.82) is 0 Å². The Morgan fingerprint density at radius 2 is 2.10 bits per heavy atom. The van der Waals surface area contributed by atoms with E-state index in [-0.39, 0.29) is 23.6 Å². The summed E-state index contributed by atoms with van der Waals surface area (Å²) in [6.45, 7) is 10.7. The summed E-state index contributed by atoms with van der Waals surface area (Å²) >= 11 is 0. The zero-order valence-corrected chi connectivity index (χ0v) is 13.4. The molecule has 1 fully saturated rings. The van der Waals surface area contributed by atoms with Crippen LogP contribution in [0.3, 0.4) is 0 Å². The van der Waals surface area contributed by atoms with E-state index >= 15 is 0 Å². The Kier molecular flexibility index (Phi) is 4.34. The van der Waals surface area contributed by atoms with Crippen LogP contribution in [0.5, 0.6) is 5.88 Å². The zero-order valence-electron chi connectivity index (χ0n) is 13.4. The number of likely N-dealkylation sites (tertiary alicyclic amines) is 1. The lowest BCUT2D eigenvalue weighted by molar-refractivity contribution is -0.131. The van der Waals surface area contributed by atoms with Crippen molar-refractivity contribution < 1.29 is 9.53 Å². The van der Waals surface area contributed by atoms with Gasteiger partial charge in [0.2, 0.25) is 11.8 Å². The van der Waals surface area contributed by atoms with Crippen LogP contribution in [-0.2, 0) is 4.79 Å². The van der Waals surface area contributed by atoms with Gasteiger partial charge in [-0.1, -0.05) is 0 Å². The molecule has 116 valence electrons. The molecule has 2 heterocycles. The van der Waals surface area contributed by atoms with Gasteiger partial charge in [0.25, 0.3) is 0 Å². The monoisotopic (exact) mass is 292 g/mol. The Morgan fingerprint density at radius 3 is 2.67 bits per heavy atom. The summed E-state index contributed by atoms with van der Waals surface area (Å²) in [4.78, 5) is 22.4. The second kappa shape index (κ2) is 5.87. The summed E-state index contributed by atoms with van der Waals surface area (Å²) in [6.07, 6.45) is 3.77. The number of rotatable bonds is 4. The van der Waals surface area contributed by atoms with Crippen molar-refractivity contribution in [3.05, 3.63) is 12.4 Å². The van der Waals surface area contributed by atoms with Crippen molar-refractivity contribution >= 4 is 11.7 Å². The predicted octanol–water partition coefficient (Wildman–Crippen LogP) is 2.08. The third-order valence-corrected chi connectivity index (χ3v) is 3.26. The molecule has 1 saturated heterocycles. The minimum atomic E-state index is -0.151. The van der Waals surface area contributed by atoms with Gasteiger partial charge in [0.15, 0.2) is 0 Å². The molecule has 6 nitrogen and oxygen atoms in total. The summed E-state index contributed by atoms with van der Waals surface area (Å²) in [7, 11) is 0. The lowest BCUT2D eigenvalue weighted by atomic mass is 10.1. The summed E-state index contributed by atoms with van der Waals surface area (Å²) in [5.41, 5.74) is -0.151. The van der Waals surface area contributed by atoms with Gasteiger partial charge in [-0.15, -0.1) is 0 Å². The molecule has 2 rings (SSSR count). The number of carbonyl (C=O) groups excluding carboxylic acids is 1. The summed E-state index contributed by atoms with van der Waals surface area (Å²) < 4.78 is 5.52. The van der Waals surface area contributed by atoms with E-state index in [0.717, 1.165) is 0 Å². The SMILES string of the molecule is CC(C)Oc1cncc(NC2CC(=O)N(C(C)(C)C)C2)n1. The maximum Gasteiger partial charge on any atom is 0.234 e.